The summed E-state index contributed by atoms with van der Waals surface area (Å²) < 4.78 is 9.08. The van der Waals surface area contributed by atoms with E-state index in [0.29, 0.717) is 0 Å². The van der Waals surface area contributed by atoms with Crippen LogP contribution in [0.15, 0.2) is 302 Å². The van der Waals surface area contributed by atoms with E-state index in [-0.39, 0.29) is 17.5 Å². The molecule has 0 spiro atoms. The normalized spacial score (nSPS) is 12.9. The van der Waals surface area contributed by atoms with Gasteiger partial charge in [0, 0.05) is 87.8 Å². The lowest BCUT2D eigenvalue weighted by molar-refractivity contribution is 0.590. The van der Waals surface area contributed by atoms with Gasteiger partial charge in [-0.2, -0.15) is 0 Å². The Kier molecular flexibility index (Phi) is 13.0. The molecular weight excluding hydrogens is 1170 g/mol. The van der Waals surface area contributed by atoms with Gasteiger partial charge in [0.2, 0.25) is 0 Å². The van der Waals surface area contributed by atoms with Crippen LogP contribution >= 0.6 is 11.3 Å². The molecule has 7 heteroatoms. The van der Waals surface area contributed by atoms with Crippen molar-refractivity contribution in [1.29, 1.82) is 0 Å². The highest BCUT2D eigenvalue weighted by molar-refractivity contribution is 7.26. The zero-order valence-corrected chi connectivity index (χ0v) is 54.8. The van der Waals surface area contributed by atoms with Gasteiger partial charge >= 0.3 is 0 Å². The van der Waals surface area contributed by atoms with Crippen molar-refractivity contribution in [2.24, 2.45) is 0 Å². The topological polar surface area (TPSA) is 26.1 Å². The maximum Gasteiger partial charge on any atom is 0.252 e. The minimum atomic E-state index is -0.184. The molecule has 5 nitrogen and oxygen atoms in total. The van der Waals surface area contributed by atoms with Crippen molar-refractivity contribution < 1.29 is 4.42 Å². The zero-order valence-electron chi connectivity index (χ0n) is 54.0. The summed E-state index contributed by atoms with van der Waals surface area (Å²) in [6.45, 7) is 13.7. The quantitative estimate of drug-likeness (QED) is 0.106. The average molecular weight is 1240 g/mol. The molecule has 0 unspecified atom stereocenters. The van der Waals surface area contributed by atoms with Gasteiger partial charge in [0.1, 0.15) is 11.2 Å². The van der Waals surface area contributed by atoms with Gasteiger partial charge in [-0.3, -0.25) is 0 Å². The number of rotatable bonds is 9. The molecule has 2 aliphatic heterocycles. The number of fused-ring (bicyclic) bond motifs is 14. The van der Waals surface area contributed by atoms with Crippen molar-refractivity contribution >= 4 is 166 Å². The van der Waals surface area contributed by atoms with Crippen molar-refractivity contribution in [2.45, 2.75) is 52.4 Å². The number of benzene rings is 14. The second-order valence-electron chi connectivity index (χ2n) is 27.7. The van der Waals surface area contributed by atoms with Crippen LogP contribution in [-0.2, 0) is 10.8 Å². The lowest BCUT2D eigenvalue weighted by Crippen LogP contribution is -2.61. The molecule has 2 aromatic heterocycles. The van der Waals surface area contributed by atoms with E-state index in [4.69, 9.17) is 4.42 Å². The van der Waals surface area contributed by atoms with E-state index in [9.17, 15) is 0 Å². The number of thiophene rings is 1. The summed E-state index contributed by atoms with van der Waals surface area (Å²) in [5, 5.41) is 9.53. The molecular formula is C88H67BN4OS. The van der Waals surface area contributed by atoms with Crippen LogP contribution in [0.25, 0.3) is 74.8 Å². The molecule has 0 radical (unpaired) electrons. The Hall–Kier alpha value is -11.1. The molecule has 16 aromatic rings. The molecule has 14 aromatic carbocycles. The van der Waals surface area contributed by atoms with Crippen LogP contribution < -0.4 is 36.0 Å². The molecule has 0 atom stereocenters. The lowest BCUT2D eigenvalue weighted by Gasteiger charge is -2.45. The summed E-state index contributed by atoms with van der Waals surface area (Å²) in [4.78, 5) is 10.2. The Labute approximate surface area is 558 Å². The Bertz CT molecular complexity index is 5710. The van der Waals surface area contributed by atoms with Crippen LogP contribution in [-0.4, -0.2) is 6.71 Å². The summed E-state index contributed by atoms with van der Waals surface area (Å²) in [7, 11) is 0. The van der Waals surface area contributed by atoms with E-state index in [1.54, 1.807) is 0 Å². The van der Waals surface area contributed by atoms with E-state index in [2.05, 4.69) is 358 Å². The minimum Gasteiger partial charge on any atom is -0.456 e. The summed E-state index contributed by atoms with van der Waals surface area (Å²) in [5.41, 5.74) is 23.3. The van der Waals surface area contributed by atoms with E-state index in [1.165, 1.54) is 86.0 Å². The van der Waals surface area contributed by atoms with Crippen LogP contribution in [0.4, 0.5) is 68.2 Å². The van der Waals surface area contributed by atoms with Crippen LogP contribution in [0.1, 0.15) is 52.7 Å². The lowest BCUT2D eigenvalue weighted by atomic mass is 9.33. The predicted molar refractivity (Wildman–Crippen MR) is 408 cm³/mol. The molecule has 0 amide bonds. The molecule has 0 bridgehead atoms. The second-order valence-corrected chi connectivity index (χ2v) is 28.8. The van der Waals surface area contributed by atoms with Crippen molar-refractivity contribution in [3.05, 3.63) is 308 Å². The first-order valence-corrected chi connectivity index (χ1v) is 33.9. The van der Waals surface area contributed by atoms with Gasteiger partial charge in [-0.15, -0.1) is 11.3 Å². The summed E-state index contributed by atoms with van der Waals surface area (Å²) in [6.07, 6.45) is 0. The Morgan fingerprint density at radius 2 is 0.832 bits per heavy atom. The number of hydrogen-bond acceptors (Lipinski definition) is 6. The van der Waals surface area contributed by atoms with E-state index < -0.39 is 0 Å². The second kappa shape index (κ2) is 21.7. The first-order valence-electron chi connectivity index (χ1n) is 33.1. The fourth-order valence-electron chi connectivity index (χ4n) is 15.2. The van der Waals surface area contributed by atoms with Gasteiger partial charge in [0.25, 0.3) is 6.71 Å². The SMILES string of the molecule is CC(C)(C)c1ccc(N2c3cc(N(c4ccc5ccc6ccccc6c5c4)c4ccc5oc6ccccc6c5c4)ccc3B3c4ccc5sc6ccccc6c5c4N(c4ccc(C(C)(C)C)cc4)c4cc(N(c5ccccc5)c5ccc(-c6ccccc6)cc5)cc2c43)cc1. The minimum absolute atomic E-state index is 0.0458. The van der Waals surface area contributed by atoms with Crippen molar-refractivity contribution in [1.82, 2.24) is 0 Å². The monoisotopic (exact) mass is 1240 g/mol. The highest BCUT2D eigenvalue weighted by Gasteiger charge is 2.45. The third kappa shape index (κ3) is 9.35. The van der Waals surface area contributed by atoms with E-state index in [0.717, 1.165) is 84.5 Å². The van der Waals surface area contributed by atoms with Crippen LogP contribution in [0.2, 0.25) is 0 Å². The van der Waals surface area contributed by atoms with Crippen LogP contribution in [0.5, 0.6) is 0 Å². The molecule has 0 fully saturated rings. The molecule has 95 heavy (non-hydrogen) atoms. The van der Waals surface area contributed by atoms with E-state index >= 15 is 0 Å². The van der Waals surface area contributed by atoms with Crippen LogP contribution in [0.3, 0.4) is 0 Å². The summed E-state index contributed by atoms with van der Waals surface area (Å²) >= 11 is 1.88. The van der Waals surface area contributed by atoms with Gasteiger partial charge in [0.15, 0.2) is 0 Å². The van der Waals surface area contributed by atoms with Gasteiger partial charge in [-0.05, 0) is 192 Å². The smallest absolute Gasteiger partial charge is 0.252 e. The third-order valence-corrected chi connectivity index (χ3v) is 21.0. The van der Waals surface area contributed by atoms with Crippen LogP contribution in [0, 0.1) is 0 Å². The van der Waals surface area contributed by atoms with Gasteiger partial charge in [-0.1, -0.05) is 217 Å². The molecule has 0 aliphatic carbocycles. The maximum absolute atomic E-state index is 6.55. The number of hydrogen-bond donors (Lipinski definition) is 0. The summed E-state index contributed by atoms with van der Waals surface area (Å²) in [6, 6.07) is 111. The fraction of sp³-hybridized carbons (Fsp3) is 0.0909. The average Bonchev–Trinajstić information content (AvgIpc) is 1.55. The predicted octanol–water partition coefficient (Wildman–Crippen LogP) is 23.5. The Morgan fingerprint density at radius 3 is 1.55 bits per heavy atom. The first kappa shape index (κ1) is 56.6. The fourth-order valence-corrected chi connectivity index (χ4v) is 16.3. The van der Waals surface area contributed by atoms with Gasteiger partial charge < -0.3 is 24.0 Å². The molecule has 0 saturated carbocycles. The largest absolute Gasteiger partial charge is 0.456 e. The highest BCUT2D eigenvalue weighted by atomic mass is 32.1. The van der Waals surface area contributed by atoms with Crippen molar-refractivity contribution in [3.63, 3.8) is 0 Å². The Balaban J connectivity index is 0.951. The third-order valence-electron chi connectivity index (χ3n) is 19.9. The van der Waals surface area contributed by atoms with Crippen molar-refractivity contribution in [3.8, 4) is 11.1 Å². The zero-order chi connectivity index (χ0) is 63.8. The van der Waals surface area contributed by atoms with Gasteiger partial charge in [-0.25, -0.2) is 0 Å². The highest BCUT2D eigenvalue weighted by Crippen LogP contribution is 2.53. The first-order chi connectivity index (χ1) is 46.4. The Morgan fingerprint density at radius 1 is 0.337 bits per heavy atom. The molecule has 454 valence electrons. The molecule has 2 aliphatic rings. The van der Waals surface area contributed by atoms with E-state index in [1.807, 2.05) is 11.3 Å². The molecule has 0 saturated heterocycles. The van der Waals surface area contributed by atoms with Crippen molar-refractivity contribution in [2.75, 3.05) is 19.6 Å². The number of para-hydroxylation sites is 2. The standard InChI is InChI=1S/C88H67BN4OS/c1-87(2,3)60-34-41-64(42-35-60)92-77-53-68(91(67-46-49-81-74(52-67)71-25-15-17-27-80(71)94-81)66-40-33-59-30-29-58-21-13-14-24-70(58)73(59)51-66)45-47-75(77)89-76-48-50-83-84(72-26-16-18-28-82(72)95-83)86(76)93(65-43-36-61(37-44-65)88(4,5)6)79-55-69(54-78(92)85(79)89)90(62-22-11-8-12-23-62)63-38-31-57(32-39-63)56-19-9-7-10-20-56/h7-55H,1-6H3. The summed E-state index contributed by atoms with van der Waals surface area (Å²) in [5.74, 6) is 0. The molecule has 18 rings (SSSR count). The number of anilines is 12. The number of nitrogens with zero attached hydrogens (tertiary/aromatic N) is 4. The maximum atomic E-state index is 6.55. The molecule has 0 N–H and O–H groups in total. The van der Waals surface area contributed by atoms with Gasteiger partial charge in [0.05, 0.1) is 11.4 Å². The number of furan rings is 1. The molecule has 4 heterocycles.